The summed E-state index contributed by atoms with van der Waals surface area (Å²) in [6, 6.07) is 29.0. The summed E-state index contributed by atoms with van der Waals surface area (Å²) in [4.78, 5) is 27.0. The van der Waals surface area contributed by atoms with E-state index in [4.69, 9.17) is 9.97 Å². The Morgan fingerprint density at radius 2 is 1.36 bits per heavy atom. The first-order valence-corrected chi connectivity index (χ1v) is 12.0. The fraction of sp³-hybridized carbons (Fsp3) is 0. The van der Waals surface area contributed by atoms with Gasteiger partial charge >= 0.3 is 0 Å². The number of carbonyl (C=O) groups excluding carboxylic acids is 1. The summed E-state index contributed by atoms with van der Waals surface area (Å²) in [6.07, 6.45) is 3.41. The summed E-state index contributed by atoms with van der Waals surface area (Å²) < 4.78 is 0. The molecular weight excluding hydrogens is 468 g/mol. The average molecular weight is 487 g/mol. The molecule has 0 saturated carbocycles. The molecule has 172 valence electrons. The summed E-state index contributed by atoms with van der Waals surface area (Å²) >= 11 is 1.29. The molecule has 0 fully saturated rings. The van der Waals surface area contributed by atoms with Crippen LogP contribution < -0.4 is 5.32 Å². The van der Waals surface area contributed by atoms with Crippen molar-refractivity contribution in [1.29, 1.82) is 0 Å². The van der Waals surface area contributed by atoms with Gasteiger partial charge in [-0.1, -0.05) is 72.0 Å². The highest BCUT2D eigenvalue weighted by atomic mass is 32.1. The van der Waals surface area contributed by atoms with Crippen LogP contribution in [0, 0.1) is 0 Å². The molecular formula is C28H18N6OS. The Morgan fingerprint density at radius 3 is 2.03 bits per heavy atom. The normalized spacial score (nSPS) is 10.9. The van der Waals surface area contributed by atoms with E-state index in [2.05, 4.69) is 20.5 Å². The first-order valence-electron chi connectivity index (χ1n) is 11.2. The molecule has 8 heteroatoms. The van der Waals surface area contributed by atoms with Gasteiger partial charge in [-0.2, -0.15) is 0 Å². The second-order valence-corrected chi connectivity index (χ2v) is 8.94. The van der Waals surface area contributed by atoms with E-state index in [1.807, 2.05) is 78.9 Å². The van der Waals surface area contributed by atoms with Crippen molar-refractivity contribution in [2.45, 2.75) is 0 Å². The molecule has 0 bridgehead atoms. The van der Waals surface area contributed by atoms with Crippen LogP contribution >= 0.6 is 11.3 Å². The molecule has 0 aliphatic heterocycles. The topological polar surface area (TPSA) is 93.6 Å². The zero-order valence-corrected chi connectivity index (χ0v) is 19.7. The highest BCUT2D eigenvalue weighted by molar-refractivity contribution is 7.18. The molecule has 0 spiro atoms. The minimum absolute atomic E-state index is 0.291. The summed E-state index contributed by atoms with van der Waals surface area (Å²) in [5, 5.41) is 12.2. The van der Waals surface area contributed by atoms with Gasteiger partial charge in [0.05, 0.1) is 22.4 Å². The van der Waals surface area contributed by atoms with Crippen LogP contribution in [0.15, 0.2) is 103 Å². The zero-order valence-electron chi connectivity index (χ0n) is 18.9. The van der Waals surface area contributed by atoms with Gasteiger partial charge in [-0.15, -0.1) is 10.2 Å². The number of benzene rings is 3. The largest absolute Gasteiger partial charge is 0.296 e. The maximum Gasteiger partial charge on any atom is 0.257 e. The van der Waals surface area contributed by atoms with Crippen molar-refractivity contribution >= 4 is 33.4 Å². The second-order valence-electron chi connectivity index (χ2n) is 7.96. The highest BCUT2D eigenvalue weighted by Gasteiger charge is 2.16. The Hall–Kier alpha value is -4.82. The molecule has 36 heavy (non-hydrogen) atoms. The molecule has 0 saturated heterocycles. The molecule has 7 nitrogen and oxygen atoms in total. The zero-order chi connectivity index (χ0) is 24.3. The van der Waals surface area contributed by atoms with E-state index in [1.54, 1.807) is 24.5 Å². The predicted molar refractivity (Wildman–Crippen MR) is 142 cm³/mol. The lowest BCUT2D eigenvalue weighted by molar-refractivity contribution is 0.102. The van der Waals surface area contributed by atoms with E-state index in [1.165, 1.54) is 11.3 Å². The monoisotopic (exact) mass is 486 g/mol. The Balaban J connectivity index is 1.35. The van der Waals surface area contributed by atoms with Crippen molar-refractivity contribution in [3.05, 3.63) is 109 Å². The third-order valence-corrected chi connectivity index (χ3v) is 6.46. The van der Waals surface area contributed by atoms with E-state index >= 15 is 0 Å². The molecule has 0 aliphatic rings. The molecule has 0 aliphatic carbocycles. The molecule has 1 N–H and O–H groups in total. The fourth-order valence-corrected chi connectivity index (χ4v) is 4.57. The van der Waals surface area contributed by atoms with Crippen molar-refractivity contribution in [1.82, 2.24) is 25.1 Å². The van der Waals surface area contributed by atoms with Crippen molar-refractivity contribution in [2.75, 3.05) is 5.32 Å². The quantitative estimate of drug-likeness (QED) is 0.315. The third kappa shape index (κ3) is 4.33. The van der Waals surface area contributed by atoms with Crippen LogP contribution in [-0.2, 0) is 0 Å². The molecule has 0 radical (unpaired) electrons. The summed E-state index contributed by atoms with van der Waals surface area (Å²) in [5.74, 6) is -0.291. The summed E-state index contributed by atoms with van der Waals surface area (Å²) in [5.41, 5.74) is 6.14. The van der Waals surface area contributed by atoms with Gasteiger partial charge < -0.3 is 0 Å². The second kappa shape index (κ2) is 9.44. The maximum atomic E-state index is 13.0. The van der Waals surface area contributed by atoms with E-state index in [-0.39, 0.29) is 5.91 Å². The van der Waals surface area contributed by atoms with Crippen molar-refractivity contribution in [2.24, 2.45) is 0 Å². The number of rotatable bonds is 5. The number of anilines is 1. The molecule has 3 aromatic heterocycles. The van der Waals surface area contributed by atoms with Crippen LogP contribution in [0.5, 0.6) is 0 Å². The van der Waals surface area contributed by atoms with Gasteiger partial charge in [0.2, 0.25) is 5.13 Å². The lowest BCUT2D eigenvalue weighted by Gasteiger charge is -2.11. The van der Waals surface area contributed by atoms with Gasteiger partial charge in [-0.3, -0.25) is 15.1 Å². The summed E-state index contributed by atoms with van der Waals surface area (Å²) in [7, 11) is 0. The lowest BCUT2D eigenvalue weighted by Crippen LogP contribution is -2.11. The predicted octanol–water partition coefficient (Wildman–Crippen LogP) is 6.13. The molecule has 6 aromatic rings. The van der Waals surface area contributed by atoms with Crippen LogP contribution in [0.2, 0.25) is 0 Å². The van der Waals surface area contributed by atoms with Gasteiger partial charge in [-0.05, 0) is 30.3 Å². The number of aromatic nitrogens is 5. The number of hydrogen-bond donors (Lipinski definition) is 1. The molecule has 0 atom stereocenters. The minimum atomic E-state index is -0.291. The van der Waals surface area contributed by atoms with Gasteiger partial charge in [0.15, 0.2) is 5.01 Å². The number of amides is 1. The number of pyridine rings is 1. The van der Waals surface area contributed by atoms with E-state index in [9.17, 15) is 4.79 Å². The Bertz CT molecular complexity index is 1670. The summed E-state index contributed by atoms with van der Waals surface area (Å²) in [6.45, 7) is 0. The Kier molecular flexibility index (Phi) is 5.69. The molecule has 3 aromatic carbocycles. The van der Waals surface area contributed by atoms with Gasteiger partial charge in [0.25, 0.3) is 5.91 Å². The highest BCUT2D eigenvalue weighted by Crippen LogP contribution is 2.31. The van der Waals surface area contributed by atoms with Crippen LogP contribution in [0.25, 0.3) is 44.1 Å². The number of nitrogens with zero attached hydrogens (tertiary/aromatic N) is 5. The van der Waals surface area contributed by atoms with Crippen molar-refractivity contribution < 1.29 is 4.79 Å². The van der Waals surface area contributed by atoms with Gasteiger partial charge in [0, 0.05) is 34.6 Å². The van der Waals surface area contributed by atoms with Gasteiger partial charge in [-0.25, -0.2) is 9.97 Å². The average Bonchev–Trinajstić information content (AvgIpc) is 3.42. The van der Waals surface area contributed by atoms with Crippen LogP contribution in [0.3, 0.4) is 0 Å². The van der Waals surface area contributed by atoms with E-state index < -0.39 is 0 Å². The number of hydrogen-bond acceptors (Lipinski definition) is 7. The van der Waals surface area contributed by atoms with Crippen molar-refractivity contribution in [3.8, 4) is 33.1 Å². The van der Waals surface area contributed by atoms with Crippen LogP contribution in [-0.4, -0.2) is 31.1 Å². The van der Waals surface area contributed by atoms with Gasteiger partial charge in [0.1, 0.15) is 0 Å². The lowest BCUT2D eigenvalue weighted by atomic mass is 10.0. The Labute approximate surface area is 210 Å². The van der Waals surface area contributed by atoms with Crippen molar-refractivity contribution in [3.63, 3.8) is 0 Å². The maximum absolute atomic E-state index is 13.0. The fourth-order valence-electron chi connectivity index (χ4n) is 3.84. The molecule has 0 unspecified atom stereocenters. The van der Waals surface area contributed by atoms with Crippen LogP contribution in [0.4, 0.5) is 5.13 Å². The first kappa shape index (κ1) is 21.7. The molecule has 1 amide bonds. The first-order chi connectivity index (χ1) is 17.7. The molecule has 3 heterocycles. The number of carbonyl (C=O) groups is 1. The molecule has 6 rings (SSSR count). The Morgan fingerprint density at radius 1 is 0.694 bits per heavy atom. The smallest absolute Gasteiger partial charge is 0.257 e. The third-order valence-electron chi connectivity index (χ3n) is 5.57. The standard InChI is InChI=1S/C28H18N6OS/c35-26(32-28-34-33-27(36-28)21-12-7-15-29-17-21)20-13-14-22-23(16-20)31-25(19-10-5-2-6-11-19)24(30-22)18-8-3-1-4-9-18/h1-17H,(H,32,34,35). The van der Waals surface area contributed by atoms with Crippen LogP contribution in [0.1, 0.15) is 10.4 Å². The van der Waals surface area contributed by atoms with E-state index in [0.717, 1.165) is 28.1 Å². The van der Waals surface area contributed by atoms with E-state index in [0.29, 0.717) is 26.7 Å². The number of fused-ring (bicyclic) bond motifs is 1. The number of nitrogens with one attached hydrogen (secondary N) is 1. The minimum Gasteiger partial charge on any atom is -0.296 e. The SMILES string of the molecule is O=C(Nc1nnc(-c2cccnc2)s1)c1ccc2nc(-c3ccccc3)c(-c3ccccc3)nc2c1.